The van der Waals surface area contributed by atoms with E-state index in [-0.39, 0.29) is 5.82 Å². The van der Waals surface area contributed by atoms with Crippen LogP contribution in [-0.4, -0.2) is 4.98 Å². The van der Waals surface area contributed by atoms with E-state index in [0.717, 1.165) is 14.9 Å². The van der Waals surface area contributed by atoms with Gasteiger partial charge in [-0.25, -0.2) is 9.37 Å². The minimum Gasteiger partial charge on any atom is -0.398 e. The SMILES string of the molecule is Cc1csc(Sc2cc(Br)c(F)cc2N)n1. The van der Waals surface area contributed by atoms with E-state index in [1.807, 2.05) is 12.3 Å². The minimum atomic E-state index is -0.350. The average molecular weight is 319 g/mol. The summed E-state index contributed by atoms with van der Waals surface area (Å²) in [5, 5.41) is 1.97. The van der Waals surface area contributed by atoms with Crippen molar-refractivity contribution < 1.29 is 4.39 Å². The van der Waals surface area contributed by atoms with Crippen molar-refractivity contribution in [1.82, 2.24) is 4.98 Å². The van der Waals surface area contributed by atoms with Gasteiger partial charge in [0.05, 0.1) is 4.47 Å². The lowest BCUT2D eigenvalue weighted by Gasteiger charge is -2.04. The van der Waals surface area contributed by atoms with Crippen LogP contribution in [0, 0.1) is 12.7 Å². The molecule has 0 bridgehead atoms. The van der Waals surface area contributed by atoms with E-state index in [2.05, 4.69) is 20.9 Å². The molecule has 0 aliphatic rings. The van der Waals surface area contributed by atoms with E-state index in [9.17, 15) is 4.39 Å². The van der Waals surface area contributed by atoms with Crippen molar-refractivity contribution in [3.63, 3.8) is 0 Å². The summed E-state index contributed by atoms with van der Waals surface area (Å²) in [5.41, 5.74) is 7.15. The molecule has 0 fully saturated rings. The predicted molar refractivity (Wildman–Crippen MR) is 69.5 cm³/mol. The smallest absolute Gasteiger partial charge is 0.154 e. The van der Waals surface area contributed by atoms with Gasteiger partial charge in [-0.15, -0.1) is 11.3 Å². The highest BCUT2D eigenvalue weighted by molar-refractivity contribution is 9.10. The van der Waals surface area contributed by atoms with E-state index in [0.29, 0.717) is 10.2 Å². The zero-order chi connectivity index (χ0) is 11.7. The molecule has 0 spiro atoms. The molecule has 2 nitrogen and oxygen atoms in total. The highest BCUT2D eigenvalue weighted by Crippen LogP contribution is 2.36. The first kappa shape index (κ1) is 11.9. The van der Waals surface area contributed by atoms with Gasteiger partial charge in [0, 0.05) is 21.7 Å². The number of thiazole rings is 1. The van der Waals surface area contributed by atoms with Gasteiger partial charge < -0.3 is 5.73 Å². The first-order valence-corrected chi connectivity index (χ1v) is 6.89. The molecule has 0 saturated heterocycles. The Bertz CT molecular complexity index is 528. The van der Waals surface area contributed by atoms with Gasteiger partial charge >= 0.3 is 0 Å². The summed E-state index contributed by atoms with van der Waals surface area (Å²) >= 11 is 6.13. The van der Waals surface area contributed by atoms with Crippen molar-refractivity contribution in [2.24, 2.45) is 0 Å². The second-order valence-electron chi connectivity index (χ2n) is 3.16. The molecule has 84 valence electrons. The fourth-order valence-corrected chi connectivity index (χ4v) is 3.46. The van der Waals surface area contributed by atoms with Gasteiger partial charge in [-0.3, -0.25) is 0 Å². The molecule has 2 N–H and O–H groups in total. The van der Waals surface area contributed by atoms with Crippen LogP contribution in [0.5, 0.6) is 0 Å². The number of nitrogens with two attached hydrogens (primary N) is 1. The fourth-order valence-electron chi connectivity index (χ4n) is 1.11. The first-order chi connectivity index (χ1) is 7.56. The maximum atomic E-state index is 13.2. The summed E-state index contributed by atoms with van der Waals surface area (Å²) in [7, 11) is 0. The number of anilines is 1. The van der Waals surface area contributed by atoms with Crippen LogP contribution in [0.15, 0.2) is 31.2 Å². The number of rotatable bonds is 2. The van der Waals surface area contributed by atoms with Gasteiger partial charge in [-0.1, -0.05) is 11.8 Å². The molecule has 1 aromatic heterocycles. The fraction of sp³-hybridized carbons (Fsp3) is 0.100. The number of halogens is 2. The molecule has 0 amide bonds. The number of nitrogen functional groups attached to an aromatic ring is 1. The van der Waals surface area contributed by atoms with Crippen molar-refractivity contribution in [1.29, 1.82) is 0 Å². The maximum Gasteiger partial charge on any atom is 0.154 e. The molecule has 1 aromatic carbocycles. The number of aromatic nitrogens is 1. The normalized spacial score (nSPS) is 10.7. The molecular weight excluding hydrogens is 311 g/mol. The van der Waals surface area contributed by atoms with Gasteiger partial charge in [-0.2, -0.15) is 0 Å². The summed E-state index contributed by atoms with van der Waals surface area (Å²) in [4.78, 5) is 5.12. The van der Waals surface area contributed by atoms with Crippen molar-refractivity contribution in [3.05, 3.63) is 33.5 Å². The Morgan fingerprint density at radius 2 is 2.25 bits per heavy atom. The van der Waals surface area contributed by atoms with Crippen LogP contribution in [0.4, 0.5) is 10.1 Å². The largest absolute Gasteiger partial charge is 0.398 e. The number of nitrogens with zero attached hydrogens (tertiary/aromatic N) is 1. The molecule has 0 aliphatic carbocycles. The first-order valence-electron chi connectivity index (χ1n) is 4.41. The molecule has 0 unspecified atom stereocenters. The van der Waals surface area contributed by atoms with Crippen LogP contribution < -0.4 is 5.73 Å². The van der Waals surface area contributed by atoms with Crippen molar-refractivity contribution in [2.45, 2.75) is 16.2 Å². The Labute approximate surface area is 109 Å². The standard InChI is InChI=1S/C10H8BrFN2S2/c1-5-4-15-10(14-5)16-9-2-6(11)7(12)3-8(9)13/h2-4H,13H2,1H3. The summed E-state index contributed by atoms with van der Waals surface area (Å²) in [6.07, 6.45) is 0. The number of benzene rings is 1. The van der Waals surface area contributed by atoms with Crippen LogP contribution >= 0.6 is 39.0 Å². The lowest BCUT2D eigenvalue weighted by Crippen LogP contribution is -1.91. The van der Waals surface area contributed by atoms with Gasteiger partial charge in [0.1, 0.15) is 5.82 Å². The van der Waals surface area contributed by atoms with Crippen LogP contribution in [-0.2, 0) is 0 Å². The van der Waals surface area contributed by atoms with E-state index in [1.54, 1.807) is 17.4 Å². The van der Waals surface area contributed by atoms with E-state index < -0.39 is 0 Å². The molecule has 6 heteroatoms. The van der Waals surface area contributed by atoms with Gasteiger partial charge in [0.25, 0.3) is 0 Å². The van der Waals surface area contributed by atoms with Crippen molar-refractivity contribution >= 4 is 44.7 Å². The average Bonchev–Trinajstić information content (AvgIpc) is 2.60. The van der Waals surface area contributed by atoms with Crippen molar-refractivity contribution in [3.8, 4) is 0 Å². The highest BCUT2D eigenvalue weighted by Gasteiger charge is 2.09. The van der Waals surface area contributed by atoms with Crippen molar-refractivity contribution in [2.75, 3.05) is 5.73 Å². The third-order valence-electron chi connectivity index (χ3n) is 1.85. The molecule has 0 aliphatic heterocycles. The second kappa shape index (κ2) is 4.73. The third-order valence-corrected chi connectivity index (χ3v) is 4.59. The monoisotopic (exact) mass is 318 g/mol. The third kappa shape index (κ3) is 2.56. The zero-order valence-electron chi connectivity index (χ0n) is 8.33. The molecule has 0 atom stereocenters. The molecule has 1 heterocycles. The molecule has 16 heavy (non-hydrogen) atoms. The number of hydrogen-bond donors (Lipinski definition) is 1. The quantitative estimate of drug-likeness (QED) is 0.848. The molecule has 0 saturated carbocycles. The zero-order valence-corrected chi connectivity index (χ0v) is 11.5. The molecule has 2 rings (SSSR count). The van der Waals surface area contributed by atoms with E-state index in [1.165, 1.54) is 17.8 Å². The Kier molecular flexibility index (Phi) is 3.51. The summed E-state index contributed by atoms with van der Waals surface area (Å²) in [6, 6.07) is 2.99. The summed E-state index contributed by atoms with van der Waals surface area (Å²) in [6.45, 7) is 1.94. The Balaban J connectivity index is 2.31. The highest BCUT2D eigenvalue weighted by atomic mass is 79.9. The number of hydrogen-bond acceptors (Lipinski definition) is 4. The van der Waals surface area contributed by atoms with Gasteiger partial charge in [-0.05, 0) is 35.0 Å². The van der Waals surface area contributed by atoms with Gasteiger partial charge in [0.2, 0.25) is 0 Å². The van der Waals surface area contributed by atoms with E-state index in [4.69, 9.17) is 5.73 Å². The topological polar surface area (TPSA) is 38.9 Å². The van der Waals surface area contributed by atoms with Gasteiger partial charge in [0.15, 0.2) is 4.34 Å². The second-order valence-corrected chi connectivity index (χ2v) is 6.16. The Morgan fingerprint density at radius 1 is 1.50 bits per heavy atom. The van der Waals surface area contributed by atoms with Crippen LogP contribution in [0.1, 0.15) is 5.69 Å². The summed E-state index contributed by atoms with van der Waals surface area (Å²) in [5.74, 6) is -0.350. The lowest BCUT2D eigenvalue weighted by atomic mass is 10.3. The number of aryl methyl sites for hydroxylation is 1. The van der Waals surface area contributed by atoms with Crippen LogP contribution in [0.25, 0.3) is 0 Å². The summed E-state index contributed by atoms with van der Waals surface area (Å²) < 4.78 is 14.5. The maximum absolute atomic E-state index is 13.2. The van der Waals surface area contributed by atoms with Crippen LogP contribution in [0.3, 0.4) is 0 Å². The minimum absolute atomic E-state index is 0.350. The van der Waals surface area contributed by atoms with E-state index >= 15 is 0 Å². The predicted octanol–water partition coefficient (Wildman–Crippen LogP) is 4.09. The molecule has 0 radical (unpaired) electrons. The molecule has 2 aromatic rings. The molecular formula is C10H8BrFN2S2. The Hall–Kier alpha value is -0.590. The Morgan fingerprint density at radius 3 is 2.88 bits per heavy atom. The van der Waals surface area contributed by atoms with Crippen LogP contribution in [0.2, 0.25) is 0 Å². The lowest BCUT2D eigenvalue weighted by molar-refractivity contribution is 0.620.